The van der Waals surface area contributed by atoms with E-state index >= 15 is 0 Å². The zero-order valence-electron chi connectivity index (χ0n) is 17.0. The first-order chi connectivity index (χ1) is 15.6. The third kappa shape index (κ3) is 3.49. The predicted octanol–water partition coefficient (Wildman–Crippen LogP) is 2.61. The van der Waals surface area contributed by atoms with Crippen LogP contribution in [-0.2, 0) is 7.05 Å². The van der Waals surface area contributed by atoms with Crippen LogP contribution < -0.4 is 15.3 Å². The third-order valence-corrected chi connectivity index (χ3v) is 4.89. The second-order valence-electron chi connectivity index (χ2n) is 7.00. The highest BCUT2D eigenvalue weighted by atomic mass is 16.6. The van der Waals surface area contributed by atoms with Gasteiger partial charge in [0.2, 0.25) is 5.52 Å². The van der Waals surface area contributed by atoms with Crippen LogP contribution in [0.15, 0.2) is 84.1 Å². The molecule has 0 radical (unpaired) electrons. The number of pyridine rings is 1. The Morgan fingerprint density at radius 1 is 1.03 bits per heavy atom. The highest BCUT2D eigenvalue weighted by Gasteiger charge is 2.19. The van der Waals surface area contributed by atoms with Crippen molar-refractivity contribution in [3.63, 3.8) is 0 Å². The maximum atomic E-state index is 10.9. The van der Waals surface area contributed by atoms with Crippen molar-refractivity contribution in [3.8, 4) is 11.3 Å². The van der Waals surface area contributed by atoms with E-state index in [1.54, 1.807) is 21.3 Å². The summed E-state index contributed by atoms with van der Waals surface area (Å²) >= 11 is 0. The lowest BCUT2D eigenvalue weighted by Crippen LogP contribution is -2.31. The minimum atomic E-state index is -0.443. The van der Waals surface area contributed by atoms with Gasteiger partial charge in [0.25, 0.3) is 11.3 Å². The van der Waals surface area contributed by atoms with Gasteiger partial charge in [-0.25, -0.2) is 4.68 Å². The Labute approximate surface area is 181 Å². The van der Waals surface area contributed by atoms with Gasteiger partial charge in [0.05, 0.1) is 10.6 Å². The van der Waals surface area contributed by atoms with Gasteiger partial charge in [-0.3, -0.25) is 15.5 Å². The van der Waals surface area contributed by atoms with Gasteiger partial charge in [0, 0.05) is 30.8 Å². The van der Waals surface area contributed by atoms with Gasteiger partial charge in [-0.1, -0.05) is 41.5 Å². The van der Waals surface area contributed by atoms with Crippen LogP contribution in [0.4, 0.5) is 11.4 Å². The molecule has 3 aromatic heterocycles. The normalized spacial score (nSPS) is 11.7. The largest absolute Gasteiger partial charge is 0.350 e. The molecule has 3 heterocycles. The van der Waals surface area contributed by atoms with E-state index in [1.807, 2.05) is 61.8 Å². The van der Waals surface area contributed by atoms with Crippen LogP contribution >= 0.6 is 0 Å². The monoisotopic (exact) mass is 425 g/mol. The molecule has 0 fully saturated rings. The van der Waals surface area contributed by atoms with Crippen molar-refractivity contribution >= 4 is 28.2 Å². The molecule has 10 heteroatoms. The summed E-state index contributed by atoms with van der Waals surface area (Å²) in [6, 6.07) is 21.3. The summed E-state index contributed by atoms with van der Waals surface area (Å²) in [7, 11) is 1.82. The van der Waals surface area contributed by atoms with Crippen molar-refractivity contribution in [1.82, 2.24) is 19.9 Å². The first-order valence-corrected chi connectivity index (χ1v) is 9.75. The van der Waals surface area contributed by atoms with Gasteiger partial charge < -0.3 is 0 Å². The molecule has 10 nitrogen and oxygen atoms in total. The zero-order chi connectivity index (χ0) is 22.1. The molecule has 0 atom stereocenters. The second kappa shape index (κ2) is 7.84. The number of benzene rings is 2. The van der Waals surface area contributed by atoms with Crippen LogP contribution in [0.25, 0.3) is 28.1 Å². The predicted molar refractivity (Wildman–Crippen MR) is 117 cm³/mol. The summed E-state index contributed by atoms with van der Waals surface area (Å²) in [5.74, 6) is 0. The lowest BCUT2D eigenvalue weighted by molar-refractivity contribution is -0.580. The molecule has 0 saturated heterocycles. The molecule has 156 valence electrons. The Morgan fingerprint density at radius 3 is 2.53 bits per heavy atom. The molecule has 0 saturated carbocycles. The van der Waals surface area contributed by atoms with Gasteiger partial charge in [-0.05, 0) is 23.2 Å². The topological polar surface area (TPSA) is 115 Å². The lowest BCUT2D eigenvalue weighted by Gasteiger charge is -2.07. The molecular weight excluding hydrogens is 408 g/mol. The SMILES string of the molecule is Cn1nc(-c2ccccc2)c(=NNc2ccc([N+](=O)[O-])cc2)c2n[n+]3ccccc3nc21. The molecule has 2 aromatic carbocycles. The zero-order valence-corrected chi connectivity index (χ0v) is 17.0. The minimum Gasteiger partial charge on any atom is -0.278 e. The standard InChI is InChI=1S/C22H17N8O2/c1-28-22-21(27-29-14-6-5-9-18(29)23-22)20(19(26-28)15-7-3-2-4-8-15)25-24-16-10-12-17(13-11-16)30(31)32/h2-14,24H,1H3/q+1. The first-order valence-electron chi connectivity index (χ1n) is 9.75. The number of fused-ring (bicyclic) bond motifs is 2. The van der Waals surface area contributed by atoms with Gasteiger partial charge >= 0.3 is 5.65 Å². The first kappa shape index (κ1) is 19.2. The molecular formula is C22H17N8O2+. The highest BCUT2D eigenvalue weighted by molar-refractivity contribution is 5.75. The number of aryl methyl sites for hydroxylation is 1. The van der Waals surface area contributed by atoms with Gasteiger partial charge in [0.15, 0.2) is 0 Å². The molecule has 1 N–H and O–H groups in total. The van der Waals surface area contributed by atoms with Crippen LogP contribution in [0.2, 0.25) is 0 Å². The molecule has 5 aromatic rings. The number of nitro benzene ring substituents is 1. The van der Waals surface area contributed by atoms with Crippen molar-refractivity contribution in [2.75, 3.05) is 5.43 Å². The number of rotatable bonds is 4. The Bertz CT molecular complexity index is 1530. The van der Waals surface area contributed by atoms with E-state index in [2.05, 4.69) is 10.5 Å². The lowest BCUT2D eigenvalue weighted by atomic mass is 10.1. The van der Waals surface area contributed by atoms with Crippen LogP contribution in [-0.4, -0.2) is 24.8 Å². The van der Waals surface area contributed by atoms with Gasteiger partial charge in [-0.15, -0.1) is 4.52 Å². The quantitative estimate of drug-likeness (QED) is 0.205. The van der Waals surface area contributed by atoms with Crippen LogP contribution in [0.1, 0.15) is 0 Å². The summed E-state index contributed by atoms with van der Waals surface area (Å²) in [5, 5.41) is 25.5. The van der Waals surface area contributed by atoms with Crippen LogP contribution in [0, 0.1) is 10.1 Å². The molecule has 5 rings (SSSR count). The fourth-order valence-electron chi connectivity index (χ4n) is 3.32. The molecule has 0 bridgehead atoms. The van der Waals surface area contributed by atoms with Crippen LogP contribution in [0.3, 0.4) is 0 Å². The van der Waals surface area contributed by atoms with E-state index in [-0.39, 0.29) is 5.69 Å². The fraction of sp³-hybridized carbons (Fsp3) is 0.0455. The van der Waals surface area contributed by atoms with Gasteiger partial charge in [-0.2, -0.15) is 10.2 Å². The summed E-state index contributed by atoms with van der Waals surface area (Å²) in [6.07, 6.45) is 1.82. The van der Waals surface area contributed by atoms with Gasteiger partial charge in [0.1, 0.15) is 17.2 Å². The van der Waals surface area contributed by atoms with Crippen LogP contribution in [0.5, 0.6) is 0 Å². The molecule has 0 unspecified atom stereocenters. The number of hydrogen-bond acceptors (Lipinski definition) is 7. The molecule has 32 heavy (non-hydrogen) atoms. The summed E-state index contributed by atoms with van der Waals surface area (Å²) in [4.78, 5) is 15.2. The average molecular weight is 425 g/mol. The Kier molecular flexibility index (Phi) is 4.71. The molecule has 0 aliphatic carbocycles. The van der Waals surface area contributed by atoms with E-state index in [1.165, 1.54) is 12.1 Å². The Hall–Kier alpha value is -4.73. The minimum absolute atomic E-state index is 0.00751. The van der Waals surface area contributed by atoms with Crippen molar-refractivity contribution < 1.29 is 9.44 Å². The average Bonchev–Trinajstić information content (AvgIpc) is 2.83. The number of nitrogens with zero attached hydrogens (tertiary/aromatic N) is 7. The van der Waals surface area contributed by atoms with E-state index in [4.69, 9.17) is 15.2 Å². The van der Waals surface area contributed by atoms with E-state index in [9.17, 15) is 10.1 Å². The van der Waals surface area contributed by atoms with Crippen molar-refractivity contribution in [2.24, 2.45) is 12.1 Å². The molecule has 0 aliphatic heterocycles. The number of aromatic nitrogens is 5. The third-order valence-electron chi connectivity index (χ3n) is 4.89. The van der Waals surface area contributed by atoms with Crippen molar-refractivity contribution in [1.29, 1.82) is 0 Å². The number of nitro groups is 1. The number of nitrogens with one attached hydrogen (secondary N) is 1. The molecule has 0 aliphatic rings. The number of non-ortho nitro benzene ring substituents is 1. The maximum Gasteiger partial charge on any atom is 0.350 e. The van der Waals surface area contributed by atoms with E-state index < -0.39 is 4.92 Å². The summed E-state index contributed by atoms with van der Waals surface area (Å²) in [6.45, 7) is 0. The number of hydrogen-bond donors (Lipinski definition) is 1. The molecule has 0 amide bonds. The summed E-state index contributed by atoms with van der Waals surface area (Å²) in [5.41, 5.74) is 6.87. The molecule has 0 spiro atoms. The number of anilines is 1. The Morgan fingerprint density at radius 2 is 1.78 bits per heavy atom. The smallest absolute Gasteiger partial charge is 0.278 e. The fourth-order valence-corrected chi connectivity index (χ4v) is 3.32. The Balaban J connectivity index is 1.75. The van der Waals surface area contributed by atoms with Crippen molar-refractivity contribution in [3.05, 3.63) is 94.5 Å². The highest BCUT2D eigenvalue weighted by Crippen LogP contribution is 2.17. The maximum absolute atomic E-state index is 10.9. The van der Waals surface area contributed by atoms with Crippen molar-refractivity contribution in [2.45, 2.75) is 0 Å². The van der Waals surface area contributed by atoms with E-state index in [0.717, 1.165) is 5.56 Å². The summed E-state index contributed by atoms with van der Waals surface area (Å²) < 4.78 is 3.37. The second-order valence-corrected chi connectivity index (χ2v) is 7.00. The van der Waals surface area contributed by atoms with E-state index in [0.29, 0.717) is 33.5 Å².